The Morgan fingerprint density at radius 2 is 1.58 bits per heavy atom. The second-order valence-electron chi connectivity index (χ2n) is 7.31. The number of aromatic amines is 1. The van der Waals surface area contributed by atoms with Crippen LogP contribution < -0.4 is 20.3 Å². The molecule has 5 rings (SSSR count). The number of hydrazine groups is 1. The number of benzene rings is 3. The van der Waals surface area contributed by atoms with Gasteiger partial charge in [-0.1, -0.05) is 36.0 Å². The minimum absolute atomic E-state index is 0.359. The molecule has 4 aromatic rings. The number of para-hydroxylation sites is 2. The maximum absolute atomic E-state index is 12.4. The van der Waals surface area contributed by atoms with Crippen LogP contribution in [0.1, 0.15) is 26.3 Å². The first-order valence-corrected chi connectivity index (χ1v) is 11.3. The second-order valence-corrected chi connectivity index (χ2v) is 8.28. The van der Waals surface area contributed by atoms with E-state index in [2.05, 4.69) is 20.8 Å². The van der Waals surface area contributed by atoms with Crippen molar-refractivity contribution in [1.82, 2.24) is 20.8 Å². The van der Waals surface area contributed by atoms with Gasteiger partial charge in [0, 0.05) is 16.9 Å². The lowest BCUT2D eigenvalue weighted by Crippen LogP contribution is -2.41. The topological polar surface area (TPSA) is 105 Å². The minimum Gasteiger partial charge on any atom is -0.486 e. The van der Waals surface area contributed by atoms with Gasteiger partial charge in [0.15, 0.2) is 16.7 Å². The van der Waals surface area contributed by atoms with Crippen LogP contribution in [0.4, 0.5) is 0 Å². The van der Waals surface area contributed by atoms with E-state index in [4.69, 9.17) is 9.47 Å². The van der Waals surface area contributed by atoms with Gasteiger partial charge in [0.2, 0.25) is 0 Å². The third kappa shape index (κ3) is 4.78. The molecule has 0 unspecified atom stereocenters. The van der Waals surface area contributed by atoms with Crippen LogP contribution in [0.25, 0.3) is 11.0 Å². The van der Waals surface area contributed by atoms with E-state index < -0.39 is 11.8 Å². The summed E-state index contributed by atoms with van der Waals surface area (Å²) in [6.45, 7) is 0.910. The van der Waals surface area contributed by atoms with Crippen LogP contribution in [0.5, 0.6) is 11.5 Å². The number of aromatic nitrogens is 2. The number of nitrogens with one attached hydrogen (secondary N) is 3. The Morgan fingerprint density at radius 3 is 2.36 bits per heavy atom. The molecule has 0 saturated carbocycles. The van der Waals surface area contributed by atoms with Gasteiger partial charge in [-0.05, 0) is 48.0 Å². The summed E-state index contributed by atoms with van der Waals surface area (Å²) in [6.07, 6.45) is 0. The molecule has 1 aliphatic heterocycles. The molecule has 0 spiro atoms. The van der Waals surface area contributed by atoms with Crippen LogP contribution >= 0.6 is 11.8 Å². The number of imidazole rings is 1. The summed E-state index contributed by atoms with van der Waals surface area (Å²) in [4.78, 5) is 32.6. The van der Waals surface area contributed by atoms with Gasteiger partial charge in [-0.3, -0.25) is 20.4 Å². The smallest absolute Gasteiger partial charge is 0.269 e. The summed E-state index contributed by atoms with van der Waals surface area (Å²) < 4.78 is 10.9. The molecular formula is C24H20N4O4S. The molecule has 0 aliphatic carbocycles. The SMILES string of the molecule is O=C(NNC(=O)c1ccc2c(c1)OCCO2)c1ccc(CSc2nc3ccccc3[nH]2)cc1. The fraction of sp³-hybridized carbons (Fsp3) is 0.125. The van der Waals surface area contributed by atoms with Crippen molar-refractivity contribution in [2.24, 2.45) is 0 Å². The lowest BCUT2D eigenvalue weighted by Gasteiger charge is -2.18. The van der Waals surface area contributed by atoms with Gasteiger partial charge in [0.25, 0.3) is 11.8 Å². The molecule has 8 nitrogen and oxygen atoms in total. The number of carbonyl (C=O) groups is 2. The van der Waals surface area contributed by atoms with E-state index in [1.54, 1.807) is 42.1 Å². The molecule has 2 amide bonds. The third-order valence-electron chi connectivity index (χ3n) is 5.05. The summed E-state index contributed by atoms with van der Waals surface area (Å²) in [6, 6.07) is 20.0. The van der Waals surface area contributed by atoms with Gasteiger partial charge in [0.1, 0.15) is 13.2 Å². The second kappa shape index (κ2) is 9.25. The predicted octanol–water partition coefficient (Wildman–Crippen LogP) is 3.70. The molecule has 33 heavy (non-hydrogen) atoms. The summed E-state index contributed by atoms with van der Waals surface area (Å²) in [5, 5.41) is 0.847. The van der Waals surface area contributed by atoms with Crippen molar-refractivity contribution in [2.45, 2.75) is 10.9 Å². The van der Waals surface area contributed by atoms with E-state index in [1.807, 2.05) is 36.4 Å². The number of fused-ring (bicyclic) bond motifs is 2. The lowest BCUT2D eigenvalue weighted by molar-refractivity contribution is 0.0846. The molecule has 0 fully saturated rings. The molecule has 0 radical (unpaired) electrons. The van der Waals surface area contributed by atoms with Crippen molar-refractivity contribution in [1.29, 1.82) is 0 Å². The zero-order valence-electron chi connectivity index (χ0n) is 17.5. The quantitative estimate of drug-likeness (QED) is 0.310. The Hall–Kier alpha value is -3.98. The van der Waals surface area contributed by atoms with E-state index in [1.165, 1.54) is 0 Å². The maximum atomic E-state index is 12.4. The Labute approximate surface area is 193 Å². The Bertz CT molecular complexity index is 1290. The first kappa shape index (κ1) is 20.9. The highest BCUT2D eigenvalue weighted by Gasteiger charge is 2.15. The van der Waals surface area contributed by atoms with E-state index in [-0.39, 0.29) is 0 Å². The maximum Gasteiger partial charge on any atom is 0.269 e. The number of hydrogen-bond acceptors (Lipinski definition) is 6. The molecule has 3 aromatic carbocycles. The average Bonchev–Trinajstić information content (AvgIpc) is 3.29. The van der Waals surface area contributed by atoms with Crippen LogP contribution in [0, 0.1) is 0 Å². The van der Waals surface area contributed by atoms with E-state index in [9.17, 15) is 9.59 Å². The van der Waals surface area contributed by atoms with Gasteiger partial charge in [-0.2, -0.15) is 0 Å². The molecule has 3 N–H and O–H groups in total. The van der Waals surface area contributed by atoms with Crippen molar-refractivity contribution in [3.8, 4) is 11.5 Å². The van der Waals surface area contributed by atoms with E-state index >= 15 is 0 Å². The molecule has 0 saturated heterocycles. The van der Waals surface area contributed by atoms with Crippen molar-refractivity contribution >= 4 is 34.6 Å². The minimum atomic E-state index is -0.445. The highest BCUT2D eigenvalue weighted by molar-refractivity contribution is 7.98. The third-order valence-corrected chi connectivity index (χ3v) is 6.00. The van der Waals surface area contributed by atoms with E-state index in [0.29, 0.717) is 41.6 Å². The molecule has 2 heterocycles. The predicted molar refractivity (Wildman–Crippen MR) is 124 cm³/mol. The van der Waals surface area contributed by atoms with Crippen LogP contribution in [-0.2, 0) is 5.75 Å². The van der Waals surface area contributed by atoms with Gasteiger partial charge in [0.05, 0.1) is 11.0 Å². The largest absolute Gasteiger partial charge is 0.486 e. The summed E-state index contributed by atoms with van der Waals surface area (Å²) in [7, 11) is 0. The highest BCUT2D eigenvalue weighted by atomic mass is 32.2. The molecule has 0 bridgehead atoms. The van der Waals surface area contributed by atoms with Crippen molar-refractivity contribution in [2.75, 3.05) is 13.2 Å². The van der Waals surface area contributed by atoms with Crippen LogP contribution in [0.3, 0.4) is 0 Å². The van der Waals surface area contributed by atoms with Crippen molar-refractivity contribution < 1.29 is 19.1 Å². The number of H-pyrrole nitrogens is 1. The zero-order valence-corrected chi connectivity index (χ0v) is 18.3. The number of rotatable bonds is 5. The molecule has 1 aromatic heterocycles. The average molecular weight is 461 g/mol. The number of thioether (sulfide) groups is 1. The fourth-order valence-electron chi connectivity index (χ4n) is 3.34. The summed E-state index contributed by atoms with van der Waals surface area (Å²) in [5.41, 5.74) is 8.66. The lowest BCUT2D eigenvalue weighted by atomic mass is 10.1. The first-order chi connectivity index (χ1) is 16.2. The molecule has 1 aliphatic rings. The van der Waals surface area contributed by atoms with Gasteiger partial charge >= 0.3 is 0 Å². The number of hydrogen-bond donors (Lipinski definition) is 3. The van der Waals surface area contributed by atoms with Gasteiger partial charge in [-0.15, -0.1) is 0 Å². The first-order valence-electron chi connectivity index (χ1n) is 10.3. The molecular weight excluding hydrogens is 440 g/mol. The molecule has 166 valence electrons. The van der Waals surface area contributed by atoms with Gasteiger partial charge in [-0.25, -0.2) is 4.98 Å². The zero-order chi connectivity index (χ0) is 22.6. The Balaban J connectivity index is 1.14. The number of nitrogens with zero attached hydrogens (tertiary/aromatic N) is 1. The Morgan fingerprint density at radius 1 is 0.879 bits per heavy atom. The monoisotopic (exact) mass is 460 g/mol. The number of carbonyl (C=O) groups excluding carboxylic acids is 2. The normalized spacial score (nSPS) is 12.4. The molecule has 0 atom stereocenters. The number of ether oxygens (including phenoxy) is 2. The Kier molecular flexibility index (Phi) is 5.86. The van der Waals surface area contributed by atoms with Crippen LogP contribution in [0.2, 0.25) is 0 Å². The van der Waals surface area contributed by atoms with Crippen molar-refractivity contribution in [3.63, 3.8) is 0 Å². The standard InChI is InChI=1S/C24H20N4O4S/c29-22(27-28-23(30)17-9-10-20-21(13-17)32-12-11-31-20)16-7-5-15(6-8-16)14-33-24-25-18-3-1-2-4-19(18)26-24/h1-10,13H,11-12,14H2,(H,25,26)(H,27,29)(H,28,30). The highest BCUT2D eigenvalue weighted by Crippen LogP contribution is 2.30. The van der Waals surface area contributed by atoms with Crippen molar-refractivity contribution in [3.05, 3.63) is 83.4 Å². The van der Waals surface area contributed by atoms with E-state index in [0.717, 1.165) is 21.8 Å². The van der Waals surface area contributed by atoms with Gasteiger partial charge < -0.3 is 14.5 Å². The number of amides is 2. The van der Waals surface area contributed by atoms with Crippen LogP contribution in [-0.4, -0.2) is 35.0 Å². The summed E-state index contributed by atoms with van der Waals surface area (Å²) >= 11 is 1.59. The fourth-order valence-corrected chi connectivity index (χ4v) is 4.19. The molecule has 9 heteroatoms. The van der Waals surface area contributed by atoms with Crippen LogP contribution in [0.15, 0.2) is 71.9 Å². The summed E-state index contributed by atoms with van der Waals surface area (Å²) in [5.74, 6) is 0.969.